The lowest BCUT2D eigenvalue weighted by Crippen LogP contribution is -2.25. The van der Waals surface area contributed by atoms with Crippen molar-refractivity contribution in [3.63, 3.8) is 0 Å². The Hall–Kier alpha value is -3.60. The molecule has 0 aromatic heterocycles. The molecule has 3 aromatic rings. The van der Waals surface area contributed by atoms with Gasteiger partial charge < -0.3 is 23.7 Å². The summed E-state index contributed by atoms with van der Waals surface area (Å²) in [4.78, 5) is 0. The lowest BCUT2D eigenvalue weighted by molar-refractivity contribution is 0.114. The van der Waals surface area contributed by atoms with Gasteiger partial charge >= 0.3 is 0 Å². The van der Waals surface area contributed by atoms with Gasteiger partial charge in [0.1, 0.15) is 23.4 Å². The van der Waals surface area contributed by atoms with E-state index in [9.17, 15) is 0 Å². The van der Waals surface area contributed by atoms with E-state index in [4.69, 9.17) is 23.7 Å². The average molecular weight is 475 g/mol. The molecule has 0 saturated heterocycles. The number of benzene rings is 3. The maximum atomic E-state index is 6.55. The number of ether oxygens (including phenoxy) is 5. The number of hydrogen-bond donors (Lipinski definition) is 0. The zero-order valence-electron chi connectivity index (χ0n) is 21.0. The molecule has 2 unspecified atom stereocenters. The Balaban J connectivity index is 0.00000141. The fourth-order valence-corrected chi connectivity index (χ4v) is 4.42. The van der Waals surface area contributed by atoms with Gasteiger partial charge in [-0.25, -0.2) is 0 Å². The second-order valence-corrected chi connectivity index (χ2v) is 8.23. The maximum absolute atomic E-state index is 6.55. The molecular formula is C30H34O5. The van der Waals surface area contributed by atoms with Crippen LogP contribution in [0.15, 0.2) is 66.7 Å². The van der Waals surface area contributed by atoms with E-state index in [0.717, 1.165) is 58.3 Å². The molecule has 3 aromatic carbocycles. The fourth-order valence-electron chi connectivity index (χ4n) is 4.42. The first-order valence-corrected chi connectivity index (χ1v) is 12.4. The summed E-state index contributed by atoms with van der Waals surface area (Å²) in [5.41, 5.74) is 3.45. The van der Waals surface area contributed by atoms with Gasteiger partial charge in [0.05, 0.1) is 13.7 Å². The van der Waals surface area contributed by atoms with Crippen molar-refractivity contribution in [2.45, 2.75) is 39.7 Å². The lowest BCUT2D eigenvalue weighted by atomic mass is 9.84. The Morgan fingerprint density at radius 3 is 2.26 bits per heavy atom. The van der Waals surface area contributed by atoms with Gasteiger partial charge in [-0.15, -0.1) is 0 Å². The van der Waals surface area contributed by atoms with E-state index in [1.807, 2.05) is 51.1 Å². The quantitative estimate of drug-likeness (QED) is 0.361. The molecule has 2 aliphatic rings. The van der Waals surface area contributed by atoms with Crippen LogP contribution in [0.5, 0.6) is 28.7 Å². The number of hydrogen-bond acceptors (Lipinski definition) is 5. The van der Waals surface area contributed by atoms with Gasteiger partial charge in [0, 0.05) is 12.0 Å². The monoisotopic (exact) mass is 474 g/mol. The van der Waals surface area contributed by atoms with Crippen molar-refractivity contribution in [3.8, 4) is 28.7 Å². The number of fused-ring (bicyclic) bond motifs is 2. The summed E-state index contributed by atoms with van der Waals surface area (Å²) in [6.07, 6.45) is 6.12. The Morgan fingerprint density at radius 2 is 1.57 bits per heavy atom. The van der Waals surface area contributed by atoms with E-state index in [0.29, 0.717) is 6.61 Å². The maximum Gasteiger partial charge on any atom is 0.231 e. The standard InChI is InChI=1S/C28H28O5.C2H6/c1-3-30-24-11-7-19(8-12-24)5-4-6-21-15-22-16-26-27(32-18-31-26)17-25(22)33-28(21)20-9-13-23(29-2)14-10-20;1-2/h4-5,7-14,16-17,21,28H,3,6,15,18H2,1-2H3;1-2H3/b5-4+;. The SMILES string of the molecule is CC.CCOc1ccc(/C=C/CC2Cc3cc4c(cc3OC2c2ccc(OC)cc2)OCO4)cc1. The molecular weight excluding hydrogens is 440 g/mol. The van der Waals surface area contributed by atoms with E-state index in [1.54, 1.807) is 7.11 Å². The molecule has 0 amide bonds. The Bertz CT molecular complexity index is 1120. The van der Waals surface area contributed by atoms with Gasteiger partial charge in [0.15, 0.2) is 11.5 Å². The minimum atomic E-state index is -0.0613. The molecule has 184 valence electrons. The Kier molecular flexibility index (Phi) is 8.19. The highest BCUT2D eigenvalue weighted by Gasteiger charge is 2.32. The van der Waals surface area contributed by atoms with Crippen molar-refractivity contribution in [2.24, 2.45) is 5.92 Å². The van der Waals surface area contributed by atoms with Gasteiger partial charge in [-0.1, -0.05) is 50.3 Å². The molecule has 5 rings (SSSR count). The molecule has 2 heterocycles. The molecule has 35 heavy (non-hydrogen) atoms. The van der Waals surface area contributed by atoms with Crippen molar-refractivity contribution in [3.05, 3.63) is 83.4 Å². The third-order valence-corrected chi connectivity index (χ3v) is 6.10. The third-order valence-electron chi connectivity index (χ3n) is 6.10. The number of rotatable bonds is 7. The van der Waals surface area contributed by atoms with Crippen LogP contribution in [0.25, 0.3) is 6.08 Å². The van der Waals surface area contributed by atoms with Crippen molar-refractivity contribution in [2.75, 3.05) is 20.5 Å². The van der Waals surface area contributed by atoms with E-state index in [-0.39, 0.29) is 18.8 Å². The molecule has 0 aliphatic carbocycles. The topological polar surface area (TPSA) is 46.2 Å². The third kappa shape index (κ3) is 5.73. The fraction of sp³-hybridized carbons (Fsp3) is 0.333. The van der Waals surface area contributed by atoms with Crippen LogP contribution in [0, 0.1) is 5.92 Å². The van der Waals surface area contributed by atoms with Crippen LogP contribution in [-0.2, 0) is 6.42 Å². The first-order valence-electron chi connectivity index (χ1n) is 12.4. The summed E-state index contributed by atoms with van der Waals surface area (Å²) < 4.78 is 28.6. The first-order chi connectivity index (χ1) is 17.2. The van der Waals surface area contributed by atoms with E-state index < -0.39 is 0 Å². The zero-order chi connectivity index (χ0) is 24.6. The van der Waals surface area contributed by atoms with Crippen LogP contribution in [-0.4, -0.2) is 20.5 Å². The highest BCUT2D eigenvalue weighted by Crippen LogP contribution is 2.46. The molecule has 0 bridgehead atoms. The lowest BCUT2D eigenvalue weighted by Gasteiger charge is -2.34. The highest BCUT2D eigenvalue weighted by molar-refractivity contribution is 5.54. The predicted octanol–water partition coefficient (Wildman–Crippen LogP) is 7.24. The van der Waals surface area contributed by atoms with Crippen LogP contribution in [0.3, 0.4) is 0 Å². The molecule has 0 spiro atoms. The zero-order valence-corrected chi connectivity index (χ0v) is 21.0. The van der Waals surface area contributed by atoms with Crippen LogP contribution in [0.2, 0.25) is 0 Å². The molecule has 0 fully saturated rings. The number of methoxy groups -OCH3 is 1. The minimum Gasteiger partial charge on any atom is -0.497 e. The predicted molar refractivity (Wildman–Crippen MR) is 139 cm³/mol. The van der Waals surface area contributed by atoms with Crippen molar-refractivity contribution in [1.29, 1.82) is 0 Å². The Morgan fingerprint density at radius 1 is 0.886 bits per heavy atom. The largest absolute Gasteiger partial charge is 0.497 e. The summed E-state index contributed by atoms with van der Waals surface area (Å²) >= 11 is 0. The minimum absolute atomic E-state index is 0.0613. The van der Waals surface area contributed by atoms with E-state index >= 15 is 0 Å². The second kappa shape index (κ2) is 11.7. The number of allylic oxidation sites excluding steroid dienone is 1. The smallest absolute Gasteiger partial charge is 0.231 e. The molecule has 0 radical (unpaired) electrons. The van der Waals surface area contributed by atoms with Crippen molar-refractivity contribution in [1.82, 2.24) is 0 Å². The summed E-state index contributed by atoms with van der Waals surface area (Å²) in [5.74, 6) is 4.42. The van der Waals surface area contributed by atoms with Crippen molar-refractivity contribution < 1.29 is 23.7 Å². The highest BCUT2D eigenvalue weighted by atomic mass is 16.7. The van der Waals surface area contributed by atoms with Crippen LogP contribution >= 0.6 is 0 Å². The van der Waals surface area contributed by atoms with Crippen LogP contribution < -0.4 is 23.7 Å². The van der Waals surface area contributed by atoms with Gasteiger partial charge in [0.2, 0.25) is 6.79 Å². The molecule has 0 N–H and O–H groups in total. The summed E-state index contributed by atoms with van der Waals surface area (Å²) in [6, 6.07) is 20.3. The Labute approximate surface area is 208 Å². The second-order valence-electron chi connectivity index (χ2n) is 8.23. The molecule has 5 heteroatoms. The summed E-state index contributed by atoms with van der Waals surface area (Å²) in [6.45, 7) is 6.92. The van der Waals surface area contributed by atoms with Crippen LogP contribution in [0.4, 0.5) is 0 Å². The average Bonchev–Trinajstić information content (AvgIpc) is 3.36. The molecule has 0 saturated carbocycles. The van der Waals surface area contributed by atoms with E-state index in [2.05, 4.69) is 42.5 Å². The summed E-state index contributed by atoms with van der Waals surface area (Å²) in [5, 5.41) is 0. The van der Waals surface area contributed by atoms with Gasteiger partial charge in [-0.2, -0.15) is 0 Å². The van der Waals surface area contributed by atoms with Crippen molar-refractivity contribution >= 4 is 6.08 Å². The first kappa shape index (κ1) is 24.5. The van der Waals surface area contributed by atoms with Crippen LogP contribution in [0.1, 0.15) is 50.0 Å². The summed E-state index contributed by atoms with van der Waals surface area (Å²) in [7, 11) is 1.68. The van der Waals surface area contributed by atoms with Gasteiger partial charge in [0.25, 0.3) is 0 Å². The van der Waals surface area contributed by atoms with Gasteiger partial charge in [-0.05, 0) is 66.8 Å². The normalized spacial score (nSPS) is 17.7. The van der Waals surface area contributed by atoms with Gasteiger partial charge in [-0.3, -0.25) is 0 Å². The van der Waals surface area contributed by atoms with E-state index in [1.165, 1.54) is 0 Å². The molecule has 2 aliphatic heterocycles. The molecule has 2 atom stereocenters. The molecule has 5 nitrogen and oxygen atoms in total.